The van der Waals surface area contributed by atoms with Gasteiger partial charge in [-0.05, 0) is 25.1 Å². The van der Waals surface area contributed by atoms with Gasteiger partial charge < -0.3 is 5.11 Å². The Bertz CT molecular complexity index is 928. The van der Waals surface area contributed by atoms with Crippen LogP contribution in [-0.4, -0.2) is 21.0 Å². The number of carbonyl (C=O) groups is 1. The number of hydrogen-bond acceptors (Lipinski definition) is 3. The summed E-state index contributed by atoms with van der Waals surface area (Å²) in [7, 11) is 0. The molecule has 0 aliphatic heterocycles. The molecule has 1 heterocycles. The lowest BCUT2D eigenvalue weighted by Gasteiger charge is -2.12. The first-order chi connectivity index (χ1) is 11.5. The van der Waals surface area contributed by atoms with Gasteiger partial charge >= 0.3 is 5.97 Å². The SMILES string of the molecule is Cc1nc(-c2ccccc2)nc(-c2ccc(Cl)cc2Cl)c1C(=O)O. The summed E-state index contributed by atoms with van der Waals surface area (Å²) in [5.74, 6) is -0.660. The minimum absolute atomic E-state index is 0.0268. The van der Waals surface area contributed by atoms with Crippen LogP contribution in [-0.2, 0) is 0 Å². The number of aryl methyl sites for hydroxylation is 1. The fourth-order valence-corrected chi connectivity index (χ4v) is 2.92. The van der Waals surface area contributed by atoms with Gasteiger partial charge in [0.2, 0.25) is 0 Å². The van der Waals surface area contributed by atoms with Crippen LogP contribution in [0.2, 0.25) is 10.0 Å². The molecule has 0 radical (unpaired) electrons. The van der Waals surface area contributed by atoms with E-state index in [1.807, 2.05) is 30.3 Å². The van der Waals surface area contributed by atoms with Gasteiger partial charge in [0.15, 0.2) is 5.82 Å². The number of aromatic carboxylic acids is 1. The first kappa shape index (κ1) is 16.4. The molecule has 24 heavy (non-hydrogen) atoms. The number of halogens is 2. The smallest absolute Gasteiger partial charge is 0.339 e. The van der Waals surface area contributed by atoms with Gasteiger partial charge in [0.25, 0.3) is 0 Å². The average molecular weight is 359 g/mol. The molecule has 3 aromatic rings. The zero-order valence-corrected chi connectivity index (χ0v) is 14.1. The first-order valence-corrected chi connectivity index (χ1v) is 7.85. The third kappa shape index (κ3) is 3.11. The zero-order chi connectivity index (χ0) is 17.3. The molecule has 3 rings (SSSR count). The summed E-state index contributed by atoms with van der Waals surface area (Å²) in [5.41, 5.74) is 1.97. The number of nitrogens with zero attached hydrogens (tertiary/aromatic N) is 2. The van der Waals surface area contributed by atoms with Crippen LogP contribution < -0.4 is 0 Å². The molecule has 0 bridgehead atoms. The molecule has 0 aliphatic carbocycles. The second kappa shape index (κ2) is 6.59. The molecule has 0 saturated carbocycles. The summed E-state index contributed by atoms with van der Waals surface area (Å²) < 4.78 is 0. The van der Waals surface area contributed by atoms with E-state index in [1.54, 1.807) is 25.1 Å². The van der Waals surface area contributed by atoms with Crippen LogP contribution in [0, 0.1) is 6.92 Å². The molecule has 0 amide bonds. The van der Waals surface area contributed by atoms with Gasteiger partial charge in [0, 0.05) is 16.1 Å². The second-order valence-electron chi connectivity index (χ2n) is 5.15. The zero-order valence-electron chi connectivity index (χ0n) is 12.6. The van der Waals surface area contributed by atoms with Crippen molar-refractivity contribution in [3.05, 3.63) is 69.8 Å². The van der Waals surface area contributed by atoms with E-state index in [-0.39, 0.29) is 11.3 Å². The van der Waals surface area contributed by atoms with E-state index in [0.29, 0.717) is 27.1 Å². The molecule has 0 saturated heterocycles. The highest BCUT2D eigenvalue weighted by molar-refractivity contribution is 6.36. The molecule has 2 aromatic carbocycles. The predicted octanol–water partition coefficient (Wildman–Crippen LogP) is 5.12. The summed E-state index contributed by atoms with van der Waals surface area (Å²) in [6.07, 6.45) is 0. The Balaban J connectivity index is 2.30. The molecule has 1 aromatic heterocycles. The van der Waals surface area contributed by atoms with Crippen LogP contribution in [0.25, 0.3) is 22.6 Å². The highest BCUT2D eigenvalue weighted by Gasteiger charge is 2.21. The minimum atomic E-state index is -1.10. The van der Waals surface area contributed by atoms with Crippen molar-refractivity contribution in [1.29, 1.82) is 0 Å². The molecule has 6 heteroatoms. The standard InChI is InChI=1S/C18H12Cl2N2O2/c1-10-15(18(23)24)16(13-8-7-12(19)9-14(13)20)22-17(21-10)11-5-3-2-4-6-11/h2-9H,1H3,(H,23,24). The van der Waals surface area contributed by atoms with Gasteiger partial charge in [-0.1, -0.05) is 53.5 Å². The number of carboxylic acids is 1. The minimum Gasteiger partial charge on any atom is -0.478 e. The topological polar surface area (TPSA) is 63.1 Å². The van der Waals surface area contributed by atoms with E-state index in [9.17, 15) is 9.90 Å². The molecule has 0 aliphatic rings. The van der Waals surface area contributed by atoms with E-state index in [4.69, 9.17) is 23.2 Å². The summed E-state index contributed by atoms with van der Waals surface area (Å²) in [6.45, 7) is 1.64. The summed E-state index contributed by atoms with van der Waals surface area (Å²) in [4.78, 5) is 20.5. The largest absolute Gasteiger partial charge is 0.478 e. The molecule has 0 unspecified atom stereocenters. The van der Waals surface area contributed by atoms with Crippen LogP contribution in [0.1, 0.15) is 16.1 Å². The van der Waals surface area contributed by atoms with Crippen molar-refractivity contribution in [2.75, 3.05) is 0 Å². The highest BCUT2D eigenvalue weighted by atomic mass is 35.5. The molecule has 0 atom stereocenters. The highest BCUT2D eigenvalue weighted by Crippen LogP contribution is 2.33. The Morgan fingerprint density at radius 1 is 1.04 bits per heavy atom. The summed E-state index contributed by atoms with van der Waals surface area (Å²) >= 11 is 12.2. The van der Waals surface area contributed by atoms with E-state index < -0.39 is 5.97 Å². The maximum Gasteiger partial charge on any atom is 0.339 e. The monoisotopic (exact) mass is 358 g/mol. The molecular weight excluding hydrogens is 347 g/mol. The molecule has 0 fully saturated rings. The third-order valence-electron chi connectivity index (χ3n) is 3.52. The van der Waals surface area contributed by atoms with Crippen LogP contribution >= 0.6 is 23.2 Å². The van der Waals surface area contributed by atoms with E-state index in [1.165, 1.54) is 0 Å². The predicted molar refractivity (Wildman–Crippen MR) is 94.6 cm³/mol. The Morgan fingerprint density at radius 3 is 2.38 bits per heavy atom. The van der Waals surface area contributed by atoms with Crippen molar-refractivity contribution in [2.45, 2.75) is 6.92 Å². The number of aromatic nitrogens is 2. The molecule has 0 spiro atoms. The third-order valence-corrected chi connectivity index (χ3v) is 4.07. The van der Waals surface area contributed by atoms with E-state index in [2.05, 4.69) is 9.97 Å². The molecule has 4 nitrogen and oxygen atoms in total. The summed E-state index contributed by atoms with van der Waals surface area (Å²) in [5, 5.41) is 10.4. The maximum atomic E-state index is 11.7. The van der Waals surface area contributed by atoms with Crippen LogP contribution in [0.4, 0.5) is 0 Å². The number of rotatable bonds is 3. The first-order valence-electron chi connectivity index (χ1n) is 7.10. The fraction of sp³-hybridized carbons (Fsp3) is 0.0556. The van der Waals surface area contributed by atoms with E-state index in [0.717, 1.165) is 5.56 Å². The lowest BCUT2D eigenvalue weighted by atomic mass is 10.0. The van der Waals surface area contributed by atoms with Crippen molar-refractivity contribution < 1.29 is 9.90 Å². The van der Waals surface area contributed by atoms with Crippen LogP contribution in [0.15, 0.2) is 48.5 Å². The van der Waals surface area contributed by atoms with Gasteiger partial charge in [0.05, 0.1) is 16.4 Å². The Labute approximate surface area is 148 Å². The lowest BCUT2D eigenvalue weighted by Crippen LogP contribution is -2.08. The maximum absolute atomic E-state index is 11.7. The van der Waals surface area contributed by atoms with Crippen LogP contribution in [0.5, 0.6) is 0 Å². The van der Waals surface area contributed by atoms with Crippen molar-refractivity contribution in [1.82, 2.24) is 9.97 Å². The quantitative estimate of drug-likeness (QED) is 0.705. The fourth-order valence-electron chi connectivity index (χ4n) is 2.42. The van der Waals surface area contributed by atoms with E-state index >= 15 is 0 Å². The van der Waals surface area contributed by atoms with Gasteiger partial charge in [-0.25, -0.2) is 14.8 Å². The molecule has 1 N–H and O–H groups in total. The lowest BCUT2D eigenvalue weighted by molar-refractivity contribution is 0.0696. The molecular formula is C18H12Cl2N2O2. The number of carboxylic acid groups (broad SMARTS) is 1. The second-order valence-corrected chi connectivity index (χ2v) is 6.00. The van der Waals surface area contributed by atoms with Crippen molar-refractivity contribution in [3.8, 4) is 22.6 Å². The van der Waals surface area contributed by atoms with Crippen LogP contribution in [0.3, 0.4) is 0 Å². The van der Waals surface area contributed by atoms with Gasteiger partial charge in [-0.15, -0.1) is 0 Å². The Kier molecular flexibility index (Phi) is 4.51. The van der Waals surface area contributed by atoms with Crippen molar-refractivity contribution >= 4 is 29.2 Å². The van der Waals surface area contributed by atoms with Crippen molar-refractivity contribution in [2.24, 2.45) is 0 Å². The Morgan fingerprint density at radius 2 is 1.75 bits per heavy atom. The molecule has 120 valence electrons. The van der Waals surface area contributed by atoms with Gasteiger partial charge in [-0.3, -0.25) is 0 Å². The normalized spacial score (nSPS) is 10.6. The van der Waals surface area contributed by atoms with Gasteiger partial charge in [-0.2, -0.15) is 0 Å². The van der Waals surface area contributed by atoms with Crippen molar-refractivity contribution in [3.63, 3.8) is 0 Å². The number of hydrogen-bond donors (Lipinski definition) is 1. The summed E-state index contributed by atoms with van der Waals surface area (Å²) in [6, 6.07) is 14.2. The average Bonchev–Trinajstić information content (AvgIpc) is 2.54. The van der Waals surface area contributed by atoms with Gasteiger partial charge in [0.1, 0.15) is 5.56 Å². The Hall–Kier alpha value is -2.43. The number of benzene rings is 2.